The van der Waals surface area contributed by atoms with Gasteiger partial charge in [-0.3, -0.25) is 10.1 Å². The highest BCUT2D eigenvalue weighted by Crippen LogP contribution is 2.39. The molecule has 0 spiro atoms. The molecule has 1 aromatic carbocycles. The van der Waals surface area contributed by atoms with Gasteiger partial charge in [0.2, 0.25) is 0 Å². The third kappa shape index (κ3) is 3.62. The molecule has 134 valence electrons. The summed E-state index contributed by atoms with van der Waals surface area (Å²) in [6.07, 6.45) is 3.70. The lowest BCUT2D eigenvalue weighted by molar-refractivity contribution is -0.123. The molecule has 2 N–H and O–H groups in total. The van der Waals surface area contributed by atoms with Gasteiger partial charge >= 0.3 is 12.0 Å². The first-order valence-corrected chi connectivity index (χ1v) is 9.40. The summed E-state index contributed by atoms with van der Waals surface area (Å²) in [5.41, 5.74) is 3.57. The van der Waals surface area contributed by atoms with Crippen LogP contribution in [0, 0.1) is 0 Å². The Bertz CT molecular complexity index is 885. The van der Waals surface area contributed by atoms with Gasteiger partial charge in [-0.05, 0) is 48.4 Å². The molecule has 2 aliphatic carbocycles. The fraction of sp³-hybridized carbons (Fsp3) is 0.316. The van der Waals surface area contributed by atoms with Crippen LogP contribution < -0.4 is 10.6 Å². The predicted molar refractivity (Wildman–Crippen MR) is 97.1 cm³/mol. The minimum atomic E-state index is -0.636. The number of urea groups is 1. The van der Waals surface area contributed by atoms with Gasteiger partial charge in [-0.25, -0.2) is 9.59 Å². The van der Waals surface area contributed by atoms with Crippen LogP contribution in [0.15, 0.2) is 30.3 Å². The predicted octanol–water partition coefficient (Wildman–Crippen LogP) is 2.66. The van der Waals surface area contributed by atoms with Gasteiger partial charge in [0.05, 0.1) is 0 Å². The average molecular weight is 370 g/mol. The summed E-state index contributed by atoms with van der Waals surface area (Å²) in [5, 5.41) is 4.79. The zero-order valence-corrected chi connectivity index (χ0v) is 14.9. The van der Waals surface area contributed by atoms with Crippen LogP contribution in [0.3, 0.4) is 0 Å². The quantitative estimate of drug-likeness (QED) is 0.811. The number of carbonyl (C=O) groups excluding carboxylic acids is 3. The van der Waals surface area contributed by atoms with Crippen molar-refractivity contribution in [2.75, 3.05) is 6.61 Å². The van der Waals surface area contributed by atoms with Crippen LogP contribution in [0.4, 0.5) is 4.79 Å². The Labute approximate surface area is 154 Å². The van der Waals surface area contributed by atoms with Crippen LogP contribution in [0.1, 0.15) is 33.6 Å². The molecule has 0 bridgehead atoms. The van der Waals surface area contributed by atoms with Crippen LogP contribution in [0.5, 0.6) is 0 Å². The van der Waals surface area contributed by atoms with Gasteiger partial charge in [0, 0.05) is 10.9 Å². The van der Waals surface area contributed by atoms with E-state index >= 15 is 0 Å². The summed E-state index contributed by atoms with van der Waals surface area (Å²) in [6, 6.07) is 9.63. The van der Waals surface area contributed by atoms with Crippen molar-refractivity contribution in [3.8, 4) is 10.4 Å². The molecule has 1 saturated carbocycles. The molecule has 3 amide bonds. The first kappa shape index (κ1) is 16.8. The van der Waals surface area contributed by atoms with E-state index in [9.17, 15) is 14.4 Å². The number of hydrogen-bond acceptors (Lipinski definition) is 5. The van der Waals surface area contributed by atoms with E-state index in [1.807, 2.05) is 18.2 Å². The lowest BCUT2D eigenvalue weighted by Crippen LogP contribution is -2.42. The Balaban J connectivity index is 1.36. The van der Waals surface area contributed by atoms with Crippen LogP contribution in [-0.2, 0) is 22.4 Å². The molecule has 0 aliphatic heterocycles. The molecule has 0 saturated heterocycles. The zero-order chi connectivity index (χ0) is 18.1. The van der Waals surface area contributed by atoms with E-state index < -0.39 is 24.5 Å². The topological polar surface area (TPSA) is 84.5 Å². The molecule has 1 heterocycles. The normalized spacial score (nSPS) is 14.8. The standard InChI is InChI=1S/C19H18N2O4S/c22-16(21-19(24)20-13-7-8-13)10-25-18(23)15-9-12-6-5-11-3-1-2-4-14(11)17(12)26-15/h1-4,9,13H,5-8,10H2,(H2,20,21,22,24). The van der Waals surface area contributed by atoms with Crippen LogP contribution in [0.2, 0.25) is 0 Å². The summed E-state index contributed by atoms with van der Waals surface area (Å²) in [4.78, 5) is 37.0. The number of amides is 3. The highest BCUT2D eigenvalue weighted by atomic mass is 32.1. The second kappa shape index (κ2) is 6.92. The van der Waals surface area contributed by atoms with E-state index in [1.165, 1.54) is 16.9 Å². The van der Waals surface area contributed by atoms with E-state index in [0.29, 0.717) is 4.88 Å². The van der Waals surface area contributed by atoms with Crippen molar-refractivity contribution >= 4 is 29.2 Å². The number of carbonyl (C=O) groups is 3. The van der Waals surface area contributed by atoms with Crippen molar-refractivity contribution in [1.29, 1.82) is 0 Å². The van der Waals surface area contributed by atoms with Crippen molar-refractivity contribution in [2.24, 2.45) is 0 Å². The largest absolute Gasteiger partial charge is 0.451 e. The second-order valence-electron chi connectivity index (χ2n) is 6.49. The number of esters is 1. The maximum Gasteiger partial charge on any atom is 0.348 e. The molecule has 7 heteroatoms. The second-order valence-corrected chi connectivity index (χ2v) is 7.55. The molecule has 1 fully saturated rings. The maximum absolute atomic E-state index is 12.3. The van der Waals surface area contributed by atoms with Crippen LogP contribution in [0.25, 0.3) is 10.4 Å². The monoisotopic (exact) mass is 370 g/mol. The Morgan fingerprint density at radius 2 is 1.88 bits per heavy atom. The highest BCUT2D eigenvalue weighted by Gasteiger charge is 2.25. The maximum atomic E-state index is 12.3. The number of rotatable bonds is 4. The third-order valence-corrected chi connectivity index (χ3v) is 5.63. The number of benzene rings is 1. The minimum absolute atomic E-state index is 0.158. The number of hydrogen-bond donors (Lipinski definition) is 2. The fourth-order valence-corrected chi connectivity index (χ4v) is 4.15. The number of ether oxygens (including phenoxy) is 1. The Kier molecular flexibility index (Phi) is 4.46. The van der Waals surface area contributed by atoms with Crippen molar-refractivity contribution in [2.45, 2.75) is 31.7 Å². The van der Waals surface area contributed by atoms with E-state index in [0.717, 1.165) is 41.7 Å². The number of aryl methyl sites for hydroxylation is 2. The number of imide groups is 1. The molecule has 0 atom stereocenters. The molecule has 6 nitrogen and oxygen atoms in total. The van der Waals surface area contributed by atoms with Crippen LogP contribution in [-0.4, -0.2) is 30.6 Å². The molecular formula is C19H18N2O4S. The molecular weight excluding hydrogens is 352 g/mol. The van der Waals surface area contributed by atoms with E-state index in [4.69, 9.17) is 4.74 Å². The minimum Gasteiger partial charge on any atom is -0.451 e. The first-order valence-electron chi connectivity index (χ1n) is 8.58. The van der Waals surface area contributed by atoms with Gasteiger partial charge in [0.15, 0.2) is 6.61 Å². The van der Waals surface area contributed by atoms with E-state index in [1.54, 1.807) is 0 Å². The molecule has 4 rings (SSSR count). The van der Waals surface area contributed by atoms with Gasteiger partial charge in [0.1, 0.15) is 4.88 Å². The molecule has 26 heavy (non-hydrogen) atoms. The Morgan fingerprint density at radius 3 is 2.69 bits per heavy atom. The summed E-state index contributed by atoms with van der Waals surface area (Å²) >= 11 is 1.38. The first-order chi connectivity index (χ1) is 12.6. The van der Waals surface area contributed by atoms with Crippen molar-refractivity contribution in [3.05, 3.63) is 46.3 Å². The number of fused-ring (bicyclic) bond motifs is 3. The molecule has 1 aromatic heterocycles. The van der Waals surface area contributed by atoms with Gasteiger partial charge in [-0.15, -0.1) is 11.3 Å². The summed E-state index contributed by atoms with van der Waals surface area (Å²) in [7, 11) is 0. The zero-order valence-electron chi connectivity index (χ0n) is 14.0. The van der Waals surface area contributed by atoms with Crippen LogP contribution >= 0.6 is 11.3 Å². The van der Waals surface area contributed by atoms with Crippen molar-refractivity contribution < 1.29 is 19.1 Å². The highest BCUT2D eigenvalue weighted by molar-refractivity contribution is 7.17. The summed E-state index contributed by atoms with van der Waals surface area (Å²) in [6.45, 7) is -0.476. The molecule has 2 aromatic rings. The lowest BCUT2D eigenvalue weighted by Gasteiger charge is -2.15. The average Bonchev–Trinajstić information content (AvgIpc) is 3.33. The summed E-state index contributed by atoms with van der Waals surface area (Å²) < 4.78 is 5.06. The van der Waals surface area contributed by atoms with Gasteiger partial charge in [-0.1, -0.05) is 24.3 Å². The Hall–Kier alpha value is -2.67. The van der Waals surface area contributed by atoms with Crippen molar-refractivity contribution in [1.82, 2.24) is 10.6 Å². The summed E-state index contributed by atoms with van der Waals surface area (Å²) in [5.74, 6) is -1.18. The molecule has 0 radical (unpaired) electrons. The molecule has 2 aliphatic rings. The Morgan fingerprint density at radius 1 is 1.12 bits per heavy atom. The lowest BCUT2D eigenvalue weighted by atomic mass is 9.91. The van der Waals surface area contributed by atoms with E-state index in [2.05, 4.69) is 22.8 Å². The molecule has 0 unspecified atom stereocenters. The third-order valence-electron chi connectivity index (χ3n) is 4.44. The van der Waals surface area contributed by atoms with Gasteiger partial charge < -0.3 is 10.1 Å². The SMILES string of the molecule is O=C(COC(=O)c1cc2c(s1)-c1ccccc1CC2)NC(=O)NC1CC1. The smallest absolute Gasteiger partial charge is 0.348 e. The van der Waals surface area contributed by atoms with E-state index in [-0.39, 0.29) is 6.04 Å². The van der Waals surface area contributed by atoms with Crippen molar-refractivity contribution in [3.63, 3.8) is 0 Å². The fourth-order valence-electron chi connectivity index (χ4n) is 2.99. The number of nitrogens with one attached hydrogen (secondary N) is 2. The van der Waals surface area contributed by atoms with Gasteiger partial charge in [0.25, 0.3) is 5.91 Å². The van der Waals surface area contributed by atoms with Gasteiger partial charge in [-0.2, -0.15) is 0 Å². The number of thiophene rings is 1.